The smallest absolute Gasteiger partial charge is 0.158 e. The van der Waals surface area contributed by atoms with Gasteiger partial charge in [-0.2, -0.15) is 10.2 Å². The van der Waals surface area contributed by atoms with E-state index in [4.69, 9.17) is 0 Å². The number of pyridine rings is 1. The Bertz CT molecular complexity index is 1510. The zero-order valence-corrected chi connectivity index (χ0v) is 23.4. The van der Waals surface area contributed by atoms with E-state index in [1.54, 1.807) is 12.3 Å². The number of aromatic amines is 1. The molecule has 0 aliphatic heterocycles. The second-order valence-corrected chi connectivity index (χ2v) is 10.2. The van der Waals surface area contributed by atoms with Crippen molar-refractivity contribution in [2.75, 3.05) is 18.4 Å². The van der Waals surface area contributed by atoms with Gasteiger partial charge in [0.25, 0.3) is 0 Å². The molecule has 0 spiro atoms. The fraction of sp³-hybridized carbons (Fsp3) is 0.333. The van der Waals surface area contributed by atoms with Crippen LogP contribution in [0.5, 0.6) is 0 Å². The van der Waals surface area contributed by atoms with Crippen LogP contribution in [0, 0.1) is 13.8 Å². The number of hydrogen-bond acceptors (Lipinski definition) is 8. The molecule has 1 aliphatic rings. The van der Waals surface area contributed by atoms with Crippen LogP contribution in [0.1, 0.15) is 60.4 Å². The minimum absolute atomic E-state index is 0.621. The van der Waals surface area contributed by atoms with Gasteiger partial charge in [0.05, 0.1) is 6.20 Å². The molecular formula is C30H36N10. The van der Waals surface area contributed by atoms with E-state index in [0.29, 0.717) is 23.4 Å². The number of allylic oxidation sites excluding steroid dienone is 2. The van der Waals surface area contributed by atoms with Crippen LogP contribution in [0.2, 0.25) is 0 Å². The molecule has 0 radical (unpaired) electrons. The normalized spacial score (nSPS) is 14.0. The topological polar surface area (TPSA) is 122 Å². The van der Waals surface area contributed by atoms with Gasteiger partial charge in [0.15, 0.2) is 17.5 Å². The van der Waals surface area contributed by atoms with Gasteiger partial charge in [-0.1, -0.05) is 12.6 Å². The summed E-state index contributed by atoms with van der Waals surface area (Å²) in [6.45, 7) is 11.4. The minimum atomic E-state index is 0.621. The Balaban J connectivity index is 1.09. The summed E-state index contributed by atoms with van der Waals surface area (Å²) in [7, 11) is 0. The number of nitrogens with one attached hydrogen (secondary N) is 3. The molecule has 0 bridgehead atoms. The summed E-state index contributed by atoms with van der Waals surface area (Å²) in [5, 5.41) is 18.3. The average Bonchev–Trinajstić information content (AvgIpc) is 3.54. The largest absolute Gasteiger partial charge is 0.323 e. The molecule has 10 nitrogen and oxygen atoms in total. The van der Waals surface area contributed by atoms with Crippen molar-refractivity contribution in [1.29, 1.82) is 0 Å². The Morgan fingerprint density at radius 2 is 2.02 bits per heavy atom. The monoisotopic (exact) mass is 536 g/mol. The van der Waals surface area contributed by atoms with Crippen LogP contribution in [0.15, 0.2) is 66.7 Å². The lowest BCUT2D eigenvalue weighted by Crippen LogP contribution is -2.20. The van der Waals surface area contributed by atoms with E-state index in [1.807, 2.05) is 56.0 Å². The Labute approximate surface area is 234 Å². The lowest BCUT2D eigenvalue weighted by Gasteiger charge is -2.07. The molecule has 3 N–H and O–H groups in total. The van der Waals surface area contributed by atoms with E-state index in [-0.39, 0.29) is 0 Å². The van der Waals surface area contributed by atoms with Crippen LogP contribution in [0.25, 0.3) is 11.4 Å². The number of H-pyrrole nitrogens is 1. The molecule has 0 atom stereocenters. The molecule has 4 aromatic rings. The molecule has 10 heteroatoms. The number of aromatic nitrogens is 7. The summed E-state index contributed by atoms with van der Waals surface area (Å²) in [5.41, 5.74) is 6.11. The molecule has 1 saturated carbocycles. The minimum Gasteiger partial charge on any atom is -0.323 e. The van der Waals surface area contributed by atoms with Gasteiger partial charge in [0, 0.05) is 66.4 Å². The fourth-order valence-corrected chi connectivity index (χ4v) is 4.24. The third kappa shape index (κ3) is 7.35. The molecule has 0 unspecified atom stereocenters. The first-order chi connectivity index (χ1) is 19.5. The molecule has 40 heavy (non-hydrogen) atoms. The Morgan fingerprint density at radius 1 is 1.15 bits per heavy atom. The van der Waals surface area contributed by atoms with Crippen LogP contribution >= 0.6 is 0 Å². The standard InChI is InChI=1S/C30H36N10/c1-5-26(32-16-20(2)30-35-21(3)14-27(37-30)36-28-15-22(4)38-39-28)11-13-31-12-10-23-6-9-29(33-17-23)40-19-25(18-34-40)24-7-8-24/h5-6,9,14-19,24,31H,1,7-8,10-13H2,2-4H3,(H2,35,36,37,38,39)/b20-16+,32-26?. The molecular weight excluding hydrogens is 500 g/mol. The summed E-state index contributed by atoms with van der Waals surface area (Å²) in [5.74, 6) is 3.58. The van der Waals surface area contributed by atoms with Crippen LogP contribution in [0.3, 0.4) is 0 Å². The first-order valence-electron chi connectivity index (χ1n) is 13.7. The van der Waals surface area contributed by atoms with E-state index in [1.165, 1.54) is 24.0 Å². The van der Waals surface area contributed by atoms with Gasteiger partial charge >= 0.3 is 0 Å². The van der Waals surface area contributed by atoms with Gasteiger partial charge in [0.1, 0.15) is 5.82 Å². The van der Waals surface area contributed by atoms with Crippen LogP contribution in [-0.2, 0) is 6.42 Å². The number of rotatable bonds is 13. The maximum atomic E-state index is 4.64. The van der Waals surface area contributed by atoms with Crippen molar-refractivity contribution in [3.8, 4) is 5.82 Å². The molecule has 0 saturated heterocycles. The molecule has 5 rings (SSSR count). The summed E-state index contributed by atoms with van der Waals surface area (Å²) in [4.78, 5) is 18.4. The Morgan fingerprint density at radius 3 is 2.75 bits per heavy atom. The number of aliphatic imine (C=N–C) groups is 1. The van der Waals surface area contributed by atoms with Crippen molar-refractivity contribution in [1.82, 2.24) is 40.2 Å². The summed E-state index contributed by atoms with van der Waals surface area (Å²) in [6, 6.07) is 7.97. The van der Waals surface area contributed by atoms with E-state index >= 15 is 0 Å². The predicted molar refractivity (Wildman–Crippen MR) is 159 cm³/mol. The fourth-order valence-electron chi connectivity index (χ4n) is 4.24. The van der Waals surface area contributed by atoms with Crippen molar-refractivity contribution < 1.29 is 0 Å². The van der Waals surface area contributed by atoms with Crippen molar-refractivity contribution in [3.63, 3.8) is 0 Å². The first kappa shape index (κ1) is 27.1. The summed E-state index contributed by atoms with van der Waals surface area (Å²) in [6.07, 6.45) is 13.8. The molecule has 1 fully saturated rings. The molecule has 1 aliphatic carbocycles. The van der Waals surface area contributed by atoms with Gasteiger partial charge in [0.2, 0.25) is 0 Å². The van der Waals surface area contributed by atoms with E-state index in [0.717, 1.165) is 54.4 Å². The molecule has 0 aromatic carbocycles. The van der Waals surface area contributed by atoms with Gasteiger partial charge in [-0.15, -0.1) is 0 Å². The van der Waals surface area contributed by atoms with Crippen LogP contribution in [0.4, 0.5) is 11.6 Å². The van der Waals surface area contributed by atoms with Gasteiger partial charge < -0.3 is 10.6 Å². The van der Waals surface area contributed by atoms with Gasteiger partial charge in [-0.05, 0) is 75.8 Å². The number of nitrogens with zero attached hydrogens (tertiary/aromatic N) is 7. The SMILES string of the molecule is C=CC(CCNCCc1ccc(-n2cc(C3CC3)cn2)nc1)=N/C=C(\C)c1nc(C)cc(Nc2cc(C)[nH]n2)n1. The quantitative estimate of drug-likeness (QED) is 0.158. The van der Waals surface area contributed by atoms with Crippen LogP contribution < -0.4 is 10.6 Å². The van der Waals surface area contributed by atoms with Crippen LogP contribution in [-0.4, -0.2) is 53.7 Å². The van der Waals surface area contributed by atoms with Crippen molar-refractivity contribution in [3.05, 3.63) is 90.1 Å². The first-order valence-corrected chi connectivity index (χ1v) is 13.7. The molecule has 0 amide bonds. The average molecular weight is 537 g/mol. The molecule has 4 heterocycles. The van der Waals surface area contributed by atoms with Crippen molar-refractivity contribution in [2.45, 2.75) is 52.4 Å². The zero-order valence-electron chi connectivity index (χ0n) is 23.4. The summed E-state index contributed by atoms with van der Waals surface area (Å²) < 4.78 is 1.87. The second kappa shape index (κ2) is 12.6. The van der Waals surface area contributed by atoms with E-state index < -0.39 is 0 Å². The van der Waals surface area contributed by atoms with Crippen molar-refractivity contribution in [2.24, 2.45) is 4.99 Å². The third-order valence-corrected chi connectivity index (χ3v) is 6.67. The Kier molecular flexibility index (Phi) is 8.56. The number of hydrogen-bond donors (Lipinski definition) is 3. The predicted octanol–water partition coefficient (Wildman–Crippen LogP) is 5.23. The second-order valence-electron chi connectivity index (χ2n) is 10.2. The highest BCUT2D eigenvalue weighted by molar-refractivity contribution is 5.95. The van der Waals surface area contributed by atoms with Gasteiger partial charge in [-0.25, -0.2) is 19.6 Å². The van der Waals surface area contributed by atoms with Crippen molar-refractivity contribution >= 4 is 22.9 Å². The highest BCUT2D eigenvalue weighted by atomic mass is 15.3. The lowest BCUT2D eigenvalue weighted by molar-refractivity contribution is 0.696. The molecule has 206 valence electrons. The zero-order chi connectivity index (χ0) is 27.9. The highest BCUT2D eigenvalue weighted by Crippen LogP contribution is 2.39. The maximum absolute atomic E-state index is 4.64. The Hall–Kier alpha value is -4.44. The maximum Gasteiger partial charge on any atom is 0.158 e. The lowest BCUT2D eigenvalue weighted by atomic mass is 10.2. The number of anilines is 2. The highest BCUT2D eigenvalue weighted by Gasteiger charge is 2.25. The van der Waals surface area contributed by atoms with E-state index in [2.05, 4.69) is 64.7 Å². The molecule has 4 aromatic heterocycles. The third-order valence-electron chi connectivity index (χ3n) is 6.67. The summed E-state index contributed by atoms with van der Waals surface area (Å²) >= 11 is 0. The van der Waals surface area contributed by atoms with E-state index in [9.17, 15) is 0 Å². The number of aryl methyl sites for hydroxylation is 2. The van der Waals surface area contributed by atoms with Gasteiger partial charge in [-0.3, -0.25) is 10.1 Å².